The summed E-state index contributed by atoms with van der Waals surface area (Å²) in [5.41, 5.74) is 0.919. The third-order valence-electron chi connectivity index (χ3n) is 3.70. The van der Waals surface area contributed by atoms with Gasteiger partial charge >= 0.3 is 0 Å². The van der Waals surface area contributed by atoms with Crippen LogP contribution in [0.2, 0.25) is 0 Å². The molecule has 2 atom stereocenters. The summed E-state index contributed by atoms with van der Waals surface area (Å²) in [6.45, 7) is 1.77. The van der Waals surface area contributed by atoms with Crippen molar-refractivity contribution in [3.05, 3.63) is 27.8 Å². The number of aliphatic imine (C=N–C) groups is 1. The SMILES string of the molecule is CCC(=O)N=C1S[C@H]2CS(=O)(=O)C[C@@H]2N1c1ccccc1I. The topological polar surface area (TPSA) is 66.8 Å². The van der Waals surface area contributed by atoms with Gasteiger partial charge in [-0.2, -0.15) is 4.99 Å². The highest BCUT2D eigenvalue weighted by molar-refractivity contribution is 14.1. The largest absolute Gasteiger partial charge is 0.315 e. The maximum atomic E-state index is 11.9. The fourth-order valence-electron chi connectivity index (χ4n) is 2.68. The summed E-state index contributed by atoms with van der Waals surface area (Å²) < 4.78 is 24.9. The van der Waals surface area contributed by atoms with Gasteiger partial charge in [-0.1, -0.05) is 30.8 Å². The average Bonchev–Trinajstić information content (AvgIpc) is 2.91. The maximum absolute atomic E-state index is 11.9. The molecule has 3 rings (SSSR count). The number of halogens is 1. The molecule has 0 saturated carbocycles. The lowest BCUT2D eigenvalue weighted by Crippen LogP contribution is -2.38. The fourth-order valence-corrected chi connectivity index (χ4v) is 7.25. The van der Waals surface area contributed by atoms with E-state index in [4.69, 9.17) is 0 Å². The molecule has 0 radical (unpaired) electrons. The van der Waals surface area contributed by atoms with E-state index in [1.165, 1.54) is 11.8 Å². The van der Waals surface area contributed by atoms with Crippen molar-refractivity contribution in [1.82, 2.24) is 0 Å². The molecule has 5 nitrogen and oxygen atoms in total. The Morgan fingerprint density at radius 2 is 2.14 bits per heavy atom. The number of nitrogens with zero attached hydrogens (tertiary/aromatic N) is 2. The zero-order chi connectivity index (χ0) is 15.9. The molecule has 2 saturated heterocycles. The highest BCUT2D eigenvalue weighted by atomic mass is 127. The Balaban J connectivity index is 2.05. The Morgan fingerprint density at radius 1 is 1.41 bits per heavy atom. The first kappa shape index (κ1) is 16.3. The van der Waals surface area contributed by atoms with Crippen LogP contribution < -0.4 is 4.90 Å². The fraction of sp³-hybridized carbons (Fsp3) is 0.429. The first-order chi connectivity index (χ1) is 10.4. The maximum Gasteiger partial charge on any atom is 0.247 e. The lowest BCUT2D eigenvalue weighted by molar-refractivity contribution is -0.117. The highest BCUT2D eigenvalue weighted by Crippen LogP contribution is 2.42. The van der Waals surface area contributed by atoms with Crippen molar-refractivity contribution >= 4 is 61.0 Å². The molecule has 0 N–H and O–H groups in total. The molecule has 22 heavy (non-hydrogen) atoms. The first-order valence-corrected chi connectivity index (χ1v) is 10.7. The highest BCUT2D eigenvalue weighted by Gasteiger charge is 2.49. The minimum atomic E-state index is -3.02. The third kappa shape index (κ3) is 3.05. The van der Waals surface area contributed by atoms with Gasteiger partial charge in [-0.3, -0.25) is 4.79 Å². The number of hydrogen-bond donors (Lipinski definition) is 0. The number of rotatable bonds is 2. The van der Waals surface area contributed by atoms with Crippen molar-refractivity contribution in [3.63, 3.8) is 0 Å². The zero-order valence-corrected chi connectivity index (χ0v) is 15.7. The predicted octanol–water partition coefficient (Wildman–Crippen LogP) is 2.30. The van der Waals surface area contributed by atoms with Gasteiger partial charge in [0.1, 0.15) is 0 Å². The number of fused-ring (bicyclic) bond motifs is 1. The van der Waals surface area contributed by atoms with Crippen LogP contribution in [0.15, 0.2) is 29.3 Å². The molecule has 2 heterocycles. The molecule has 0 unspecified atom stereocenters. The number of carbonyl (C=O) groups excluding carboxylic acids is 1. The molecule has 2 aliphatic heterocycles. The number of para-hydroxylation sites is 1. The number of amides is 1. The third-order valence-corrected chi connectivity index (χ3v) is 7.82. The van der Waals surface area contributed by atoms with E-state index in [2.05, 4.69) is 27.6 Å². The second-order valence-electron chi connectivity index (χ2n) is 5.26. The summed E-state index contributed by atoms with van der Waals surface area (Å²) in [6, 6.07) is 7.62. The molecule has 0 aromatic heterocycles. The summed E-state index contributed by atoms with van der Waals surface area (Å²) in [4.78, 5) is 17.9. The molecule has 2 aliphatic rings. The molecule has 0 bridgehead atoms. The van der Waals surface area contributed by atoms with Gasteiger partial charge in [-0.05, 0) is 34.7 Å². The van der Waals surface area contributed by atoms with Crippen LogP contribution in [-0.4, -0.2) is 42.3 Å². The summed E-state index contributed by atoms with van der Waals surface area (Å²) in [5.74, 6) is 0.0950. The Hall–Kier alpha value is -0.610. The van der Waals surface area contributed by atoms with Crippen molar-refractivity contribution in [1.29, 1.82) is 0 Å². The van der Waals surface area contributed by atoms with Crippen LogP contribution in [0.3, 0.4) is 0 Å². The smallest absolute Gasteiger partial charge is 0.247 e. The van der Waals surface area contributed by atoms with Crippen LogP contribution in [0.4, 0.5) is 5.69 Å². The van der Waals surface area contributed by atoms with Crippen molar-refractivity contribution in [2.24, 2.45) is 4.99 Å². The van der Waals surface area contributed by atoms with Crippen LogP contribution in [0.5, 0.6) is 0 Å². The van der Waals surface area contributed by atoms with Crippen molar-refractivity contribution in [3.8, 4) is 0 Å². The van der Waals surface area contributed by atoms with Gasteiger partial charge in [-0.25, -0.2) is 8.42 Å². The monoisotopic (exact) mass is 450 g/mol. The van der Waals surface area contributed by atoms with Gasteiger partial charge in [0.25, 0.3) is 0 Å². The number of anilines is 1. The molecule has 1 aromatic rings. The van der Waals surface area contributed by atoms with Gasteiger partial charge in [0.15, 0.2) is 15.0 Å². The summed E-state index contributed by atoms with van der Waals surface area (Å²) in [5, 5.41) is 0.574. The van der Waals surface area contributed by atoms with Crippen LogP contribution in [0.25, 0.3) is 0 Å². The molecular weight excluding hydrogens is 435 g/mol. The number of amidine groups is 1. The second kappa shape index (κ2) is 6.12. The zero-order valence-electron chi connectivity index (χ0n) is 11.9. The van der Waals surface area contributed by atoms with Gasteiger partial charge < -0.3 is 4.90 Å². The normalized spacial score (nSPS) is 28.1. The lowest BCUT2D eigenvalue weighted by atomic mass is 10.2. The van der Waals surface area contributed by atoms with Gasteiger partial charge in [0.2, 0.25) is 5.91 Å². The van der Waals surface area contributed by atoms with E-state index < -0.39 is 9.84 Å². The van der Waals surface area contributed by atoms with Crippen LogP contribution in [0, 0.1) is 3.57 Å². The van der Waals surface area contributed by atoms with E-state index >= 15 is 0 Å². The summed E-state index contributed by atoms with van der Waals surface area (Å²) in [7, 11) is -3.02. The van der Waals surface area contributed by atoms with Crippen LogP contribution >= 0.6 is 34.4 Å². The molecular formula is C14H15IN2O3S2. The van der Waals surface area contributed by atoms with Gasteiger partial charge in [0.05, 0.1) is 23.2 Å². The molecule has 0 spiro atoms. The molecule has 2 fully saturated rings. The van der Waals surface area contributed by atoms with E-state index in [0.717, 1.165) is 9.26 Å². The summed E-state index contributed by atoms with van der Waals surface area (Å²) in [6.07, 6.45) is 0.345. The number of hydrogen-bond acceptors (Lipinski definition) is 4. The number of thioether (sulfide) groups is 1. The number of sulfone groups is 1. The standard InChI is InChI=1S/C14H15IN2O3S2/c1-2-13(18)16-14-17(10-6-4-3-5-9(10)15)11-7-22(19,20)8-12(11)21-14/h3-6,11-12H,2,7-8H2,1H3/t11-,12-/m0/s1. The Bertz CT molecular complexity index is 748. The second-order valence-corrected chi connectivity index (χ2v) is 9.79. The van der Waals surface area contributed by atoms with E-state index in [-0.39, 0.29) is 28.7 Å². The Kier molecular flexibility index (Phi) is 4.52. The van der Waals surface area contributed by atoms with Crippen LogP contribution in [0.1, 0.15) is 13.3 Å². The molecule has 0 aliphatic carbocycles. The first-order valence-electron chi connectivity index (χ1n) is 6.93. The average molecular weight is 450 g/mol. The van der Waals surface area contributed by atoms with Gasteiger partial charge in [-0.15, -0.1) is 0 Å². The number of benzene rings is 1. The van der Waals surface area contributed by atoms with E-state index in [1.807, 2.05) is 29.2 Å². The predicted molar refractivity (Wildman–Crippen MR) is 98.2 cm³/mol. The van der Waals surface area contributed by atoms with Crippen molar-refractivity contribution < 1.29 is 13.2 Å². The van der Waals surface area contributed by atoms with E-state index in [1.54, 1.807) is 6.92 Å². The summed E-state index contributed by atoms with van der Waals surface area (Å²) >= 11 is 3.64. The van der Waals surface area contributed by atoms with E-state index in [0.29, 0.717) is 11.6 Å². The van der Waals surface area contributed by atoms with Crippen LogP contribution in [-0.2, 0) is 14.6 Å². The van der Waals surface area contributed by atoms with Crippen molar-refractivity contribution in [2.75, 3.05) is 16.4 Å². The molecule has 1 amide bonds. The lowest BCUT2D eigenvalue weighted by Gasteiger charge is -2.25. The molecule has 118 valence electrons. The Morgan fingerprint density at radius 3 is 2.82 bits per heavy atom. The Labute approximate surface area is 147 Å². The van der Waals surface area contributed by atoms with E-state index in [9.17, 15) is 13.2 Å². The molecule has 8 heteroatoms. The quantitative estimate of drug-likeness (QED) is 0.648. The minimum absolute atomic E-state index is 0.0515. The number of carbonyl (C=O) groups is 1. The molecule has 1 aromatic carbocycles. The minimum Gasteiger partial charge on any atom is -0.315 e. The van der Waals surface area contributed by atoms with Crippen molar-refractivity contribution in [2.45, 2.75) is 24.6 Å². The van der Waals surface area contributed by atoms with Gasteiger partial charge in [0, 0.05) is 15.2 Å².